The lowest BCUT2D eigenvalue weighted by Crippen LogP contribution is -2.25. The van der Waals surface area contributed by atoms with Crippen LogP contribution in [0, 0.1) is 0 Å². The Morgan fingerprint density at radius 2 is 2.38 bits per heavy atom. The van der Waals surface area contributed by atoms with E-state index in [0.717, 1.165) is 0 Å². The van der Waals surface area contributed by atoms with Gasteiger partial charge in [0, 0.05) is 6.07 Å². The summed E-state index contributed by atoms with van der Waals surface area (Å²) < 4.78 is 4.51. The molecule has 0 aliphatic rings. The number of carboxylic acid groups (broad SMARTS) is 1. The zero-order valence-electron chi connectivity index (χ0n) is 6.69. The van der Waals surface area contributed by atoms with Crippen LogP contribution in [0.5, 0.6) is 0 Å². The number of aromatic nitrogens is 1. The Morgan fingerprint density at radius 3 is 2.92 bits per heavy atom. The first-order chi connectivity index (χ1) is 6.18. The monoisotopic (exact) mass is 184 g/mol. The van der Waals surface area contributed by atoms with Crippen LogP contribution in [-0.2, 0) is 16.1 Å². The van der Waals surface area contributed by atoms with Gasteiger partial charge in [0.1, 0.15) is 18.4 Å². The van der Waals surface area contributed by atoms with Gasteiger partial charge in [-0.15, -0.1) is 0 Å². The highest BCUT2D eigenvalue weighted by Crippen LogP contribution is 1.93. The normalized spacial score (nSPS) is 9.54. The molecule has 6 heteroatoms. The lowest BCUT2D eigenvalue weighted by atomic mass is 10.4. The van der Waals surface area contributed by atoms with Crippen LogP contribution in [0.3, 0.4) is 0 Å². The van der Waals surface area contributed by atoms with E-state index in [2.05, 4.69) is 15.0 Å². The number of carbonyl (C=O) groups excluding carboxylic acids is 1. The molecular weight excluding hydrogens is 176 g/mol. The molecule has 1 rings (SSSR count). The molecule has 0 saturated carbocycles. The van der Waals surface area contributed by atoms with Crippen LogP contribution >= 0.6 is 0 Å². The fourth-order valence-corrected chi connectivity index (χ4v) is 0.718. The highest BCUT2D eigenvalue weighted by Gasteiger charge is 2.07. The largest absolute Gasteiger partial charge is 0.481 e. The molecular formula is C7H8N2O4. The van der Waals surface area contributed by atoms with Crippen molar-refractivity contribution in [2.24, 2.45) is 0 Å². The van der Waals surface area contributed by atoms with Crippen LogP contribution in [0.15, 0.2) is 16.9 Å². The third-order valence-electron chi connectivity index (χ3n) is 1.27. The number of nitrogens with zero attached hydrogens (tertiary/aromatic N) is 1. The summed E-state index contributed by atoms with van der Waals surface area (Å²) in [5.74, 6) is -1.70. The molecule has 0 saturated heterocycles. The van der Waals surface area contributed by atoms with E-state index < -0.39 is 18.3 Å². The summed E-state index contributed by atoms with van der Waals surface area (Å²) in [6.07, 6.45) is 0.844. The van der Waals surface area contributed by atoms with Crippen molar-refractivity contribution in [1.82, 2.24) is 10.5 Å². The van der Waals surface area contributed by atoms with Crippen molar-refractivity contribution in [3.05, 3.63) is 18.0 Å². The van der Waals surface area contributed by atoms with Crippen LogP contribution in [0.2, 0.25) is 0 Å². The molecule has 1 aromatic rings. The van der Waals surface area contributed by atoms with Crippen molar-refractivity contribution in [1.29, 1.82) is 0 Å². The first-order valence-corrected chi connectivity index (χ1v) is 3.56. The minimum atomic E-state index is -1.15. The Morgan fingerprint density at radius 1 is 1.62 bits per heavy atom. The summed E-state index contributed by atoms with van der Waals surface area (Å²) in [6.45, 7) is 0.183. The second kappa shape index (κ2) is 4.24. The molecule has 0 bridgehead atoms. The van der Waals surface area contributed by atoms with Crippen molar-refractivity contribution >= 4 is 11.9 Å². The molecule has 0 fully saturated rings. The van der Waals surface area contributed by atoms with Gasteiger partial charge in [0.15, 0.2) is 0 Å². The Balaban J connectivity index is 2.27. The Labute approximate surface area is 73.5 Å². The van der Waals surface area contributed by atoms with Crippen LogP contribution in [0.4, 0.5) is 0 Å². The number of aliphatic carboxylic acids is 1. The van der Waals surface area contributed by atoms with Gasteiger partial charge in [0.2, 0.25) is 5.91 Å². The number of carbonyl (C=O) groups is 2. The molecule has 0 unspecified atom stereocenters. The van der Waals surface area contributed by atoms with E-state index in [4.69, 9.17) is 5.11 Å². The molecule has 0 atom stereocenters. The quantitative estimate of drug-likeness (QED) is 0.630. The lowest BCUT2D eigenvalue weighted by molar-refractivity contribution is -0.140. The van der Waals surface area contributed by atoms with Gasteiger partial charge in [0.25, 0.3) is 0 Å². The predicted octanol–water partition coefficient (Wildman–Crippen LogP) is -0.235. The SMILES string of the molecule is O=C(O)CC(=O)NCc1ccon1. The second-order valence-electron chi connectivity index (χ2n) is 2.34. The van der Waals surface area contributed by atoms with Gasteiger partial charge in [-0.3, -0.25) is 9.59 Å². The zero-order valence-corrected chi connectivity index (χ0v) is 6.69. The van der Waals surface area contributed by atoms with Crippen molar-refractivity contribution in [3.8, 4) is 0 Å². The van der Waals surface area contributed by atoms with Gasteiger partial charge in [-0.2, -0.15) is 0 Å². The third kappa shape index (κ3) is 3.37. The molecule has 1 heterocycles. The molecule has 70 valence electrons. The first-order valence-electron chi connectivity index (χ1n) is 3.56. The molecule has 0 aliphatic carbocycles. The molecule has 1 amide bonds. The molecule has 2 N–H and O–H groups in total. The number of nitrogens with one attached hydrogen (secondary N) is 1. The molecule has 0 spiro atoms. The van der Waals surface area contributed by atoms with Crippen molar-refractivity contribution < 1.29 is 19.2 Å². The second-order valence-corrected chi connectivity index (χ2v) is 2.34. The molecule has 0 aliphatic heterocycles. The molecule has 0 radical (unpaired) electrons. The average molecular weight is 184 g/mol. The summed E-state index contributed by atoms with van der Waals surface area (Å²) in [4.78, 5) is 20.9. The van der Waals surface area contributed by atoms with Crippen molar-refractivity contribution in [3.63, 3.8) is 0 Å². The minimum absolute atomic E-state index is 0.183. The van der Waals surface area contributed by atoms with Gasteiger partial charge in [-0.05, 0) is 0 Å². The van der Waals surface area contributed by atoms with Gasteiger partial charge in [-0.25, -0.2) is 0 Å². The maximum absolute atomic E-state index is 10.8. The van der Waals surface area contributed by atoms with Crippen LogP contribution < -0.4 is 5.32 Å². The topological polar surface area (TPSA) is 92.4 Å². The number of amides is 1. The van der Waals surface area contributed by atoms with E-state index in [1.807, 2.05) is 0 Å². The molecule has 1 aromatic heterocycles. The summed E-state index contributed by atoms with van der Waals surface area (Å²) in [6, 6.07) is 1.58. The number of hydrogen-bond acceptors (Lipinski definition) is 4. The highest BCUT2D eigenvalue weighted by atomic mass is 16.5. The number of carboxylic acids is 1. The fourth-order valence-electron chi connectivity index (χ4n) is 0.718. The van der Waals surface area contributed by atoms with Crippen molar-refractivity contribution in [2.75, 3.05) is 0 Å². The van der Waals surface area contributed by atoms with Crippen molar-refractivity contribution in [2.45, 2.75) is 13.0 Å². The van der Waals surface area contributed by atoms with Gasteiger partial charge >= 0.3 is 5.97 Å². The summed E-state index contributed by atoms with van der Waals surface area (Å²) >= 11 is 0. The number of hydrogen-bond donors (Lipinski definition) is 2. The smallest absolute Gasteiger partial charge is 0.312 e. The van der Waals surface area contributed by atoms with E-state index in [-0.39, 0.29) is 6.54 Å². The summed E-state index contributed by atoms with van der Waals surface area (Å²) in [5, 5.41) is 14.2. The maximum Gasteiger partial charge on any atom is 0.312 e. The lowest BCUT2D eigenvalue weighted by Gasteiger charge is -1.98. The third-order valence-corrected chi connectivity index (χ3v) is 1.27. The predicted molar refractivity (Wildman–Crippen MR) is 40.6 cm³/mol. The molecule has 0 aromatic carbocycles. The zero-order chi connectivity index (χ0) is 9.68. The van der Waals surface area contributed by atoms with Crippen LogP contribution in [0.25, 0.3) is 0 Å². The van der Waals surface area contributed by atoms with Gasteiger partial charge in [0.05, 0.1) is 6.54 Å². The Hall–Kier alpha value is -1.85. The highest BCUT2D eigenvalue weighted by molar-refractivity contribution is 5.93. The van der Waals surface area contributed by atoms with E-state index >= 15 is 0 Å². The summed E-state index contributed by atoms with van der Waals surface area (Å²) in [7, 11) is 0. The van der Waals surface area contributed by atoms with Gasteiger partial charge in [-0.1, -0.05) is 5.16 Å². The van der Waals surface area contributed by atoms with Crippen LogP contribution in [0.1, 0.15) is 12.1 Å². The van der Waals surface area contributed by atoms with E-state index in [1.165, 1.54) is 6.26 Å². The fraction of sp³-hybridized carbons (Fsp3) is 0.286. The Bertz CT molecular complexity index is 293. The van der Waals surface area contributed by atoms with E-state index in [0.29, 0.717) is 5.69 Å². The van der Waals surface area contributed by atoms with Crippen LogP contribution in [-0.4, -0.2) is 22.1 Å². The van der Waals surface area contributed by atoms with E-state index in [1.54, 1.807) is 6.07 Å². The average Bonchev–Trinajstić information content (AvgIpc) is 2.51. The maximum atomic E-state index is 10.8. The number of rotatable bonds is 4. The van der Waals surface area contributed by atoms with Gasteiger partial charge < -0.3 is 14.9 Å². The van der Waals surface area contributed by atoms with E-state index in [9.17, 15) is 9.59 Å². The standard InChI is InChI=1S/C7H8N2O4/c10-6(3-7(11)12)8-4-5-1-2-13-9-5/h1-2H,3-4H2,(H,8,10)(H,11,12). The first kappa shape index (κ1) is 9.24. The Kier molecular flexibility index (Phi) is 3.02. The molecule has 13 heavy (non-hydrogen) atoms. The molecule has 6 nitrogen and oxygen atoms in total. The minimum Gasteiger partial charge on any atom is -0.481 e. The summed E-state index contributed by atoms with van der Waals surface area (Å²) in [5.41, 5.74) is 0.554.